The smallest absolute Gasteiger partial charge is 0.0757 e. The second kappa shape index (κ2) is 5.68. The predicted molar refractivity (Wildman–Crippen MR) is 77.0 cm³/mol. The summed E-state index contributed by atoms with van der Waals surface area (Å²) in [5.41, 5.74) is 2.23. The largest absolute Gasteiger partial charge is 0.372 e. The van der Waals surface area contributed by atoms with Gasteiger partial charge in [-0.05, 0) is 24.9 Å². The molecule has 100 valence electrons. The molecule has 19 heavy (non-hydrogen) atoms. The maximum absolute atomic E-state index is 6.09. The molecule has 3 nitrogen and oxygen atoms in total. The van der Waals surface area contributed by atoms with Gasteiger partial charge in [-0.25, -0.2) is 0 Å². The standard InChI is InChI=1S/C16H20N2O/c1-12-7-9-17-10-15(12)19-11-14-5-2-4-13-6-3-8-18-16(13)14/h2-6,8,12,15,17H,7,9-11H2,1H3. The number of nitrogens with one attached hydrogen (secondary N) is 1. The molecule has 2 atom stereocenters. The van der Waals surface area contributed by atoms with Crippen LogP contribution in [0.5, 0.6) is 0 Å². The first-order chi connectivity index (χ1) is 9.34. The first kappa shape index (κ1) is 12.6. The highest BCUT2D eigenvalue weighted by molar-refractivity contribution is 5.81. The van der Waals surface area contributed by atoms with Crippen molar-refractivity contribution >= 4 is 10.9 Å². The van der Waals surface area contributed by atoms with Crippen LogP contribution >= 0.6 is 0 Å². The molecular formula is C16H20N2O. The number of fused-ring (bicyclic) bond motifs is 1. The molecule has 0 bridgehead atoms. The summed E-state index contributed by atoms with van der Waals surface area (Å²) in [5, 5.41) is 4.58. The van der Waals surface area contributed by atoms with Crippen molar-refractivity contribution in [3.8, 4) is 0 Å². The van der Waals surface area contributed by atoms with Crippen molar-refractivity contribution in [2.24, 2.45) is 5.92 Å². The molecule has 0 amide bonds. The van der Waals surface area contributed by atoms with Gasteiger partial charge in [0.25, 0.3) is 0 Å². The molecular weight excluding hydrogens is 236 g/mol. The summed E-state index contributed by atoms with van der Waals surface area (Å²) in [6, 6.07) is 10.3. The van der Waals surface area contributed by atoms with E-state index in [4.69, 9.17) is 4.74 Å². The molecule has 1 aromatic heterocycles. The quantitative estimate of drug-likeness (QED) is 0.917. The molecule has 1 aliphatic heterocycles. The fourth-order valence-electron chi connectivity index (χ4n) is 2.67. The minimum Gasteiger partial charge on any atom is -0.372 e. The van der Waals surface area contributed by atoms with Crippen LogP contribution in [0, 0.1) is 5.92 Å². The number of aromatic nitrogens is 1. The van der Waals surface area contributed by atoms with Crippen LogP contribution in [0.15, 0.2) is 36.5 Å². The third-order valence-electron chi connectivity index (χ3n) is 3.93. The van der Waals surface area contributed by atoms with Crippen LogP contribution in [-0.4, -0.2) is 24.2 Å². The number of nitrogens with zero attached hydrogens (tertiary/aromatic N) is 1. The Morgan fingerprint density at radius 2 is 2.21 bits per heavy atom. The molecule has 0 spiro atoms. The summed E-state index contributed by atoms with van der Waals surface area (Å²) in [4.78, 5) is 4.47. The maximum Gasteiger partial charge on any atom is 0.0757 e. The van der Waals surface area contributed by atoms with Gasteiger partial charge in [0, 0.05) is 23.7 Å². The van der Waals surface area contributed by atoms with E-state index < -0.39 is 0 Å². The van der Waals surface area contributed by atoms with E-state index in [9.17, 15) is 0 Å². The average Bonchev–Trinajstić information content (AvgIpc) is 2.46. The number of piperidine rings is 1. The zero-order valence-corrected chi connectivity index (χ0v) is 11.3. The molecule has 2 heterocycles. The van der Waals surface area contributed by atoms with Gasteiger partial charge in [-0.2, -0.15) is 0 Å². The maximum atomic E-state index is 6.09. The van der Waals surface area contributed by atoms with Gasteiger partial charge in [0.1, 0.15) is 0 Å². The van der Waals surface area contributed by atoms with Gasteiger partial charge in [0.05, 0.1) is 18.2 Å². The molecule has 1 N–H and O–H groups in total. The highest BCUT2D eigenvalue weighted by Gasteiger charge is 2.21. The summed E-state index contributed by atoms with van der Waals surface area (Å²) in [6.07, 6.45) is 3.35. The second-order valence-electron chi connectivity index (χ2n) is 5.31. The predicted octanol–water partition coefficient (Wildman–Crippen LogP) is 2.75. The van der Waals surface area contributed by atoms with Gasteiger partial charge in [-0.15, -0.1) is 0 Å². The molecule has 1 aromatic carbocycles. The third-order valence-corrected chi connectivity index (χ3v) is 3.93. The summed E-state index contributed by atoms with van der Waals surface area (Å²) in [6.45, 7) is 4.98. The summed E-state index contributed by atoms with van der Waals surface area (Å²) in [5.74, 6) is 0.629. The highest BCUT2D eigenvalue weighted by atomic mass is 16.5. The summed E-state index contributed by atoms with van der Waals surface area (Å²) >= 11 is 0. The van der Waals surface area contributed by atoms with E-state index in [1.807, 2.05) is 12.3 Å². The van der Waals surface area contributed by atoms with Gasteiger partial charge in [0.2, 0.25) is 0 Å². The van der Waals surface area contributed by atoms with Crippen molar-refractivity contribution in [1.29, 1.82) is 0 Å². The molecule has 0 aliphatic carbocycles. The Morgan fingerprint density at radius 3 is 3.11 bits per heavy atom. The average molecular weight is 256 g/mol. The molecule has 1 saturated heterocycles. The van der Waals surface area contributed by atoms with Gasteiger partial charge in [-0.3, -0.25) is 4.98 Å². The molecule has 0 radical (unpaired) electrons. The van der Waals surface area contributed by atoms with E-state index in [1.165, 1.54) is 17.4 Å². The highest BCUT2D eigenvalue weighted by Crippen LogP contribution is 2.20. The van der Waals surface area contributed by atoms with E-state index in [0.29, 0.717) is 18.6 Å². The number of benzene rings is 1. The Hall–Kier alpha value is -1.45. The van der Waals surface area contributed by atoms with Crippen molar-refractivity contribution < 1.29 is 4.74 Å². The zero-order chi connectivity index (χ0) is 13.1. The molecule has 0 saturated carbocycles. The number of ether oxygens (including phenoxy) is 1. The van der Waals surface area contributed by atoms with Crippen molar-refractivity contribution in [3.63, 3.8) is 0 Å². The van der Waals surface area contributed by atoms with Crippen molar-refractivity contribution in [3.05, 3.63) is 42.1 Å². The molecule has 1 fully saturated rings. The van der Waals surface area contributed by atoms with Crippen LogP contribution in [0.1, 0.15) is 18.9 Å². The SMILES string of the molecule is CC1CCNCC1OCc1cccc2cccnc12. The van der Waals surface area contributed by atoms with Crippen LogP contribution in [0.25, 0.3) is 10.9 Å². The monoisotopic (exact) mass is 256 g/mol. The molecule has 3 rings (SSSR count). The number of pyridine rings is 1. The molecule has 3 heteroatoms. The molecule has 2 aromatic rings. The Labute approximate surface area is 114 Å². The lowest BCUT2D eigenvalue weighted by molar-refractivity contribution is -0.00615. The van der Waals surface area contributed by atoms with Crippen molar-refractivity contribution in [2.75, 3.05) is 13.1 Å². The Bertz CT molecular complexity index is 550. The van der Waals surface area contributed by atoms with Crippen LogP contribution in [0.4, 0.5) is 0 Å². The normalized spacial score (nSPS) is 23.6. The lowest BCUT2D eigenvalue weighted by atomic mass is 9.97. The van der Waals surface area contributed by atoms with Gasteiger partial charge >= 0.3 is 0 Å². The minimum atomic E-state index is 0.313. The molecule has 1 aliphatic rings. The van der Waals surface area contributed by atoms with Crippen LogP contribution in [-0.2, 0) is 11.3 Å². The van der Waals surface area contributed by atoms with E-state index in [2.05, 4.69) is 41.5 Å². The topological polar surface area (TPSA) is 34.1 Å². The summed E-state index contributed by atoms with van der Waals surface area (Å²) in [7, 11) is 0. The second-order valence-corrected chi connectivity index (χ2v) is 5.31. The van der Waals surface area contributed by atoms with Crippen LogP contribution in [0.2, 0.25) is 0 Å². The van der Waals surface area contributed by atoms with Gasteiger partial charge < -0.3 is 10.1 Å². The van der Waals surface area contributed by atoms with E-state index in [0.717, 1.165) is 18.6 Å². The Morgan fingerprint density at radius 1 is 1.32 bits per heavy atom. The van der Waals surface area contributed by atoms with Crippen LogP contribution < -0.4 is 5.32 Å². The van der Waals surface area contributed by atoms with Gasteiger partial charge in [0.15, 0.2) is 0 Å². The third kappa shape index (κ3) is 2.77. The first-order valence-electron chi connectivity index (χ1n) is 6.99. The Balaban J connectivity index is 1.74. The van der Waals surface area contributed by atoms with E-state index >= 15 is 0 Å². The number of rotatable bonds is 3. The van der Waals surface area contributed by atoms with E-state index in [1.54, 1.807) is 0 Å². The fraction of sp³-hybridized carbons (Fsp3) is 0.438. The van der Waals surface area contributed by atoms with Gasteiger partial charge in [-0.1, -0.05) is 31.2 Å². The van der Waals surface area contributed by atoms with Crippen molar-refractivity contribution in [2.45, 2.75) is 26.1 Å². The Kier molecular flexibility index (Phi) is 3.76. The van der Waals surface area contributed by atoms with Crippen LogP contribution in [0.3, 0.4) is 0 Å². The number of hydrogen-bond acceptors (Lipinski definition) is 3. The van der Waals surface area contributed by atoms with E-state index in [-0.39, 0.29) is 0 Å². The number of para-hydroxylation sites is 1. The lowest BCUT2D eigenvalue weighted by Crippen LogP contribution is -2.40. The van der Waals surface area contributed by atoms with Crippen molar-refractivity contribution in [1.82, 2.24) is 10.3 Å². The minimum absolute atomic E-state index is 0.313. The zero-order valence-electron chi connectivity index (χ0n) is 11.3. The summed E-state index contributed by atoms with van der Waals surface area (Å²) < 4.78 is 6.09. The first-order valence-corrected chi connectivity index (χ1v) is 6.99. The lowest BCUT2D eigenvalue weighted by Gasteiger charge is -2.29. The molecule has 2 unspecified atom stereocenters. The number of hydrogen-bond donors (Lipinski definition) is 1. The fourth-order valence-corrected chi connectivity index (χ4v) is 2.67.